The van der Waals surface area contributed by atoms with Gasteiger partial charge in [0.25, 0.3) is 5.56 Å². The zero-order valence-corrected chi connectivity index (χ0v) is 30.5. The van der Waals surface area contributed by atoms with Crippen molar-refractivity contribution in [2.45, 2.75) is 52.7 Å². The van der Waals surface area contributed by atoms with Crippen molar-refractivity contribution >= 4 is 35.0 Å². The number of ether oxygens (including phenoxy) is 5. The first kappa shape index (κ1) is 36.5. The van der Waals surface area contributed by atoms with Crippen molar-refractivity contribution in [1.82, 2.24) is 4.57 Å². The minimum atomic E-state index is -0.866. The van der Waals surface area contributed by atoms with Crippen LogP contribution in [0, 0.1) is 0 Å². The number of hydrogen-bond acceptors (Lipinski definition) is 9. The summed E-state index contributed by atoms with van der Waals surface area (Å²) >= 11 is 7.65. The predicted octanol–water partition coefficient (Wildman–Crippen LogP) is 6.96. The fourth-order valence-electron chi connectivity index (χ4n) is 5.89. The normalized spacial score (nSPS) is 14.1. The zero-order valence-electron chi connectivity index (χ0n) is 28.9. The van der Waals surface area contributed by atoms with Gasteiger partial charge in [0, 0.05) is 21.7 Å². The summed E-state index contributed by atoms with van der Waals surface area (Å²) in [5.74, 6) is 1.63. The van der Waals surface area contributed by atoms with E-state index < -0.39 is 12.0 Å². The Bertz CT molecular complexity index is 2100. The molecule has 0 unspecified atom stereocenters. The Hall–Kier alpha value is -4.80. The molecule has 1 aromatic heterocycles. The summed E-state index contributed by atoms with van der Waals surface area (Å²) in [6, 6.07) is 15.8. The summed E-state index contributed by atoms with van der Waals surface area (Å²) in [6.07, 6.45) is 5.35. The van der Waals surface area contributed by atoms with E-state index in [4.69, 9.17) is 40.3 Å². The number of hydrogen-bond donors (Lipinski definition) is 0. The van der Waals surface area contributed by atoms with Gasteiger partial charge in [-0.05, 0) is 74.7 Å². The molecule has 1 aliphatic rings. The lowest BCUT2D eigenvalue weighted by Gasteiger charge is -2.27. The summed E-state index contributed by atoms with van der Waals surface area (Å²) in [6.45, 7) is 10.4. The first-order valence-electron chi connectivity index (χ1n) is 16.5. The van der Waals surface area contributed by atoms with Gasteiger partial charge in [-0.2, -0.15) is 0 Å². The van der Waals surface area contributed by atoms with Gasteiger partial charge in [-0.15, -0.1) is 6.58 Å². The summed E-state index contributed by atoms with van der Waals surface area (Å²) in [5, 5.41) is 0.612. The molecule has 3 aromatic carbocycles. The van der Waals surface area contributed by atoms with Crippen LogP contribution in [0.15, 0.2) is 88.3 Å². The average Bonchev–Trinajstić information content (AvgIpc) is 3.41. The molecule has 0 radical (unpaired) electrons. The Morgan fingerprint density at radius 1 is 1.00 bits per heavy atom. The Balaban J connectivity index is 1.71. The first-order chi connectivity index (χ1) is 24.3. The number of carbonyl (C=O) groups is 1. The molecule has 50 heavy (non-hydrogen) atoms. The van der Waals surface area contributed by atoms with E-state index in [0.717, 1.165) is 23.1 Å². The average molecular weight is 717 g/mol. The lowest BCUT2D eigenvalue weighted by Crippen LogP contribution is -2.40. The molecule has 5 rings (SSSR count). The largest absolute Gasteiger partial charge is 0.497 e. The number of thiazole rings is 1. The topological polar surface area (TPSA) is 97.6 Å². The summed E-state index contributed by atoms with van der Waals surface area (Å²) in [5.41, 5.74) is 3.55. The maximum absolute atomic E-state index is 14.5. The SMILES string of the molecule is C=CCc1cc(/C=c2\sc3n(c2=O)[C@H](c2cc(OC)ccc2OC)C(C(=O)OCC)=C(CCC)N=3)cc(OCC)c1OCc1ccccc1Cl. The van der Waals surface area contributed by atoms with E-state index in [1.807, 2.05) is 56.3 Å². The molecule has 1 atom stereocenters. The van der Waals surface area contributed by atoms with Gasteiger partial charge in [-0.1, -0.05) is 60.6 Å². The molecule has 0 fully saturated rings. The van der Waals surface area contributed by atoms with Gasteiger partial charge in [0.1, 0.15) is 24.1 Å². The van der Waals surface area contributed by atoms with Crippen molar-refractivity contribution in [3.8, 4) is 23.0 Å². The van der Waals surface area contributed by atoms with E-state index in [1.54, 1.807) is 50.0 Å². The van der Waals surface area contributed by atoms with Crippen molar-refractivity contribution in [2.24, 2.45) is 4.99 Å². The number of allylic oxidation sites excluding steroid dienone is 2. The fraction of sp³-hybridized carbons (Fsp3) is 0.308. The van der Waals surface area contributed by atoms with Crippen molar-refractivity contribution < 1.29 is 28.5 Å². The van der Waals surface area contributed by atoms with Crippen molar-refractivity contribution in [1.29, 1.82) is 0 Å². The summed E-state index contributed by atoms with van der Waals surface area (Å²) < 4.78 is 31.2. The Kier molecular flexibility index (Phi) is 12.2. The highest BCUT2D eigenvalue weighted by atomic mass is 35.5. The summed E-state index contributed by atoms with van der Waals surface area (Å²) in [7, 11) is 3.11. The number of esters is 1. The smallest absolute Gasteiger partial charge is 0.338 e. The van der Waals surface area contributed by atoms with Gasteiger partial charge in [-0.25, -0.2) is 9.79 Å². The molecule has 11 heteroatoms. The number of aromatic nitrogens is 1. The molecule has 2 heterocycles. The number of nitrogens with zero attached hydrogens (tertiary/aromatic N) is 2. The highest BCUT2D eigenvalue weighted by Crippen LogP contribution is 2.39. The van der Waals surface area contributed by atoms with Crippen molar-refractivity contribution in [3.05, 3.63) is 125 Å². The van der Waals surface area contributed by atoms with E-state index in [-0.39, 0.29) is 18.8 Å². The highest BCUT2D eigenvalue weighted by Gasteiger charge is 2.36. The Morgan fingerprint density at radius 3 is 2.48 bits per heavy atom. The molecule has 0 aliphatic carbocycles. The third-order valence-corrected chi connectivity index (χ3v) is 9.42. The van der Waals surface area contributed by atoms with Gasteiger partial charge in [-0.3, -0.25) is 9.36 Å². The van der Waals surface area contributed by atoms with E-state index in [1.165, 1.54) is 11.3 Å². The molecule has 0 N–H and O–H groups in total. The van der Waals surface area contributed by atoms with Gasteiger partial charge in [0.05, 0.1) is 43.2 Å². The number of halogens is 1. The second-order valence-corrected chi connectivity index (χ2v) is 12.8. The molecule has 0 amide bonds. The third-order valence-electron chi connectivity index (χ3n) is 8.07. The third kappa shape index (κ3) is 7.66. The van der Waals surface area contributed by atoms with Crippen LogP contribution in [0.1, 0.15) is 61.9 Å². The van der Waals surface area contributed by atoms with Crippen LogP contribution in [0.2, 0.25) is 5.02 Å². The first-order valence-corrected chi connectivity index (χ1v) is 17.7. The van der Waals surface area contributed by atoms with Crippen LogP contribution in [0.25, 0.3) is 6.08 Å². The molecular formula is C39H41ClN2O7S. The zero-order chi connectivity index (χ0) is 35.8. The van der Waals surface area contributed by atoms with Crippen LogP contribution in [-0.4, -0.2) is 38.0 Å². The molecule has 262 valence electrons. The van der Waals surface area contributed by atoms with Crippen LogP contribution in [-0.2, 0) is 22.6 Å². The Labute approximate surface area is 300 Å². The van der Waals surface area contributed by atoms with E-state index >= 15 is 0 Å². The van der Waals surface area contributed by atoms with Gasteiger partial charge in [0.15, 0.2) is 16.3 Å². The van der Waals surface area contributed by atoms with Crippen LogP contribution in [0.4, 0.5) is 0 Å². The van der Waals surface area contributed by atoms with Gasteiger partial charge in [0.2, 0.25) is 0 Å². The maximum Gasteiger partial charge on any atom is 0.338 e. The van der Waals surface area contributed by atoms with Crippen LogP contribution < -0.4 is 33.8 Å². The standard InChI is InChI=1S/C39H41ClN2O7S/c1-7-13-25-19-24(20-32(47-9-3)36(25)49-23-26-15-11-12-16-29(26)40)21-33-37(43)42-35(28-22-27(45-5)17-18-31(28)46-6)34(38(44)48-10-4)30(14-8-2)41-39(42)50-33/h7,11-12,15-22,35H,1,8-10,13-14,23H2,2-6H3/b33-21-/t35-/m1/s1. The predicted molar refractivity (Wildman–Crippen MR) is 196 cm³/mol. The van der Waals surface area contributed by atoms with Crippen molar-refractivity contribution in [2.75, 3.05) is 27.4 Å². The second-order valence-electron chi connectivity index (χ2n) is 11.3. The lowest BCUT2D eigenvalue weighted by atomic mass is 9.93. The van der Waals surface area contributed by atoms with Gasteiger partial charge < -0.3 is 23.7 Å². The monoisotopic (exact) mass is 716 g/mol. The molecular weight excluding hydrogens is 676 g/mol. The number of benzene rings is 3. The molecule has 0 spiro atoms. The maximum atomic E-state index is 14.5. The highest BCUT2D eigenvalue weighted by molar-refractivity contribution is 7.07. The Morgan fingerprint density at radius 2 is 1.80 bits per heavy atom. The minimum absolute atomic E-state index is 0.168. The number of methoxy groups -OCH3 is 2. The minimum Gasteiger partial charge on any atom is -0.497 e. The van der Waals surface area contributed by atoms with E-state index in [0.29, 0.717) is 73.6 Å². The van der Waals surface area contributed by atoms with E-state index in [9.17, 15) is 9.59 Å². The van der Waals surface area contributed by atoms with E-state index in [2.05, 4.69) is 6.58 Å². The lowest BCUT2D eigenvalue weighted by molar-refractivity contribution is -0.139. The number of carbonyl (C=O) groups excluding carboxylic acids is 1. The molecule has 4 aromatic rings. The second kappa shape index (κ2) is 16.7. The molecule has 0 bridgehead atoms. The fourth-order valence-corrected chi connectivity index (χ4v) is 7.10. The van der Waals surface area contributed by atoms with Crippen molar-refractivity contribution in [3.63, 3.8) is 0 Å². The molecule has 0 saturated carbocycles. The van der Waals surface area contributed by atoms with Crippen LogP contribution >= 0.6 is 22.9 Å². The van der Waals surface area contributed by atoms with Crippen LogP contribution in [0.3, 0.4) is 0 Å². The number of rotatable bonds is 15. The van der Waals surface area contributed by atoms with Gasteiger partial charge >= 0.3 is 5.97 Å². The van der Waals surface area contributed by atoms with Crippen LogP contribution in [0.5, 0.6) is 23.0 Å². The molecule has 0 saturated heterocycles. The number of fused-ring (bicyclic) bond motifs is 1. The quantitative estimate of drug-likeness (QED) is 0.0970. The molecule has 9 nitrogen and oxygen atoms in total. The summed E-state index contributed by atoms with van der Waals surface area (Å²) in [4.78, 5) is 33.5. The molecule has 1 aliphatic heterocycles.